The van der Waals surface area contributed by atoms with E-state index in [4.69, 9.17) is 13.8 Å². The van der Waals surface area contributed by atoms with E-state index in [2.05, 4.69) is 25.2 Å². The number of carbonyl (C=O) groups is 1. The lowest BCUT2D eigenvalue weighted by Gasteiger charge is -2.30. The highest BCUT2D eigenvalue weighted by atomic mass is 31.2. The Hall–Kier alpha value is -0.760. The first-order chi connectivity index (χ1) is 23.5. The van der Waals surface area contributed by atoms with Crippen LogP contribution in [0.5, 0.6) is 0 Å². The fraction of sp³-hybridized carbons (Fsp3) is 0.925. The van der Waals surface area contributed by atoms with Gasteiger partial charge in [0.2, 0.25) is 5.91 Å². The van der Waals surface area contributed by atoms with E-state index in [1.165, 1.54) is 128 Å². The van der Waals surface area contributed by atoms with Gasteiger partial charge >= 0.3 is 0 Å². The number of phosphoric ester groups is 1. The smallest absolute Gasteiger partial charge is 0.268 e. The number of nitrogens with one attached hydrogen (secondary N) is 1. The van der Waals surface area contributed by atoms with Gasteiger partial charge in [-0.25, -0.2) is 0 Å². The molecule has 0 aromatic carbocycles. The number of rotatable bonds is 37. The van der Waals surface area contributed by atoms with Crippen LogP contribution in [-0.2, 0) is 23.1 Å². The van der Waals surface area contributed by atoms with Gasteiger partial charge in [0.05, 0.1) is 39.9 Å². The lowest BCUT2D eigenvalue weighted by molar-refractivity contribution is -0.870. The Morgan fingerprint density at radius 2 is 1.12 bits per heavy atom. The lowest BCUT2D eigenvalue weighted by Crippen LogP contribution is -2.46. The molecule has 0 saturated carbocycles. The summed E-state index contributed by atoms with van der Waals surface area (Å²) in [6.45, 7) is 4.84. The monoisotopic (exact) mass is 717 g/mol. The Morgan fingerprint density at radius 3 is 1.55 bits per heavy atom. The molecule has 0 aromatic heterocycles. The van der Waals surface area contributed by atoms with Gasteiger partial charge in [-0.15, -0.1) is 0 Å². The third-order valence-corrected chi connectivity index (χ3v) is 10.2. The molecule has 0 aliphatic carbocycles. The number of phosphoric acid groups is 1. The Bertz CT molecular complexity index is 819. The summed E-state index contributed by atoms with van der Waals surface area (Å²) in [5, 5.41) is 3.00. The summed E-state index contributed by atoms with van der Waals surface area (Å²) in [4.78, 5) is 25.5. The van der Waals surface area contributed by atoms with Gasteiger partial charge in [0.1, 0.15) is 13.2 Å². The van der Waals surface area contributed by atoms with Crippen molar-refractivity contribution in [2.75, 3.05) is 48.0 Å². The molecular formula is C40H81N2O6P. The normalized spacial score (nSPS) is 14.7. The van der Waals surface area contributed by atoms with E-state index in [1.54, 1.807) is 7.11 Å². The molecule has 8 nitrogen and oxygen atoms in total. The number of carbonyl (C=O) groups excluding carboxylic acids is 1. The lowest BCUT2D eigenvalue weighted by atomic mass is 10.0. The molecular weight excluding hydrogens is 635 g/mol. The molecule has 0 spiro atoms. The van der Waals surface area contributed by atoms with Crippen LogP contribution < -0.4 is 10.2 Å². The number of ether oxygens (including phenoxy) is 1. The van der Waals surface area contributed by atoms with Crippen molar-refractivity contribution >= 4 is 13.7 Å². The SMILES string of the molecule is CCCCCCCCCCCCC/C=C/[C@@H](OC)[C@H](COP(=O)([O-])OCC[N+](C)(C)C)NC(=O)CCCCCCCCCCCCCCC. The second-order valence-corrected chi connectivity index (χ2v) is 16.6. The molecule has 0 fully saturated rings. The Labute approximate surface area is 304 Å². The molecule has 0 aromatic rings. The molecule has 49 heavy (non-hydrogen) atoms. The fourth-order valence-corrected chi connectivity index (χ4v) is 6.69. The van der Waals surface area contributed by atoms with E-state index in [-0.39, 0.29) is 19.1 Å². The summed E-state index contributed by atoms with van der Waals surface area (Å²) < 4.78 is 29.2. The fourth-order valence-electron chi connectivity index (χ4n) is 5.97. The molecule has 0 bridgehead atoms. The number of methoxy groups -OCH3 is 1. The number of unbranched alkanes of at least 4 members (excludes halogenated alkanes) is 23. The van der Waals surface area contributed by atoms with Crippen molar-refractivity contribution in [1.29, 1.82) is 0 Å². The number of likely N-dealkylation sites (N-methyl/N-ethyl adjacent to an activating group) is 1. The van der Waals surface area contributed by atoms with Crippen LogP contribution in [0.1, 0.15) is 181 Å². The molecule has 0 radical (unpaired) electrons. The standard InChI is InChI=1S/C40H81N2O6P/c1-7-9-11-13-15-17-19-21-23-25-27-29-31-33-39(46-6)38(37-48-49(44,45)47-36-35-42(3,4)5)41-40(43)34-32-30-28-26-24-22-20-18-16-14-12-10-8-2/h31,33,38-39H,7-30,32,34-37H2,1-6H3,(H-,41,43,44,45)/b33-31+/t38-,39+/m0/s1. The molecule has 0 aliphatic heterocycles. The Morgan fingerprint density at radius 1 is 0.694 bits per heavy atom. The molecule has 1 amide bonds. The highest BCUT2D eigenvalue weighted by Crippen LogP contribution is 2.38. The Kier molecular flexibility index (Phi) is 32.6. The zero-order valence-corrected chi connectivity index (χ0v) is 34.1. The zero-order valence-electron chi connectivity index (χ0n) is 33.2. The summed E-state index contributed by atoms with van der Waals surface area (Å²) >= 11 is 0. The number of allylic oxidation sites excluding steroid dienone is 1. The first-order valence-corrected chi connectivity index (χ1v) is 21.9. The summed E-state index contributed by atoms with van der Waals surface area (Å²) in [7, 11) is 2.95. The molecule has 1 N–H and O–H groups in total. The highest BCUT2D eigenvalue weighted by molar-refractivity contribution is 7.45. The first kappa shape index (κ1) is 48.2. The molecule has 0 aliphatic rings. The topological polar surface area (TPSA) is 96.9 Å². The van der Waals surface area contributed by atoms with Gasteiger partial charge in [-0.3, -0.25) is 9.36 Å². The molecule has 9 heteroatoms. The van der Waals surface area contributed by atoms with Crippen molar-refractivity contribution in [2.24, 2.45) is 0 Å². The van der Waals surface area contributed by atoms with Crippen LogP contribution in [0, 0.1) is 0 Å². The van der Waals surface area contributed by atoms with E-state index in [0.717, 1.165) is 32.1 Å². The third kappa shape index (κ3) is 34.1. The average molecular weight is 717 g/mol. The van der Waals surface area contributed by atoms with Crippen LogP contribution >= 0.6 is 7.82 Å². The van der Waals surface area contributed by atoms with Crippen LogP contribution in [0.2, 0.25) is 0 Å². The number of amides is 1. The van der Waals surface area contributed by atoms with Gasteiger partial charge in [0, 0.05) is 13.5 Å². The van der Waals surface area contributed by atoms with Gasteiger partial charge in [0.15, 0.2) is 0 Å². The summed E-state index contributed by atoms with van der Waals surface area (Å²) in [5.41, 5.74) is 0. The van der Waals surface area contributed by atoms with Crippen LogP contribution in [-0.4, -0.2) is 70.5 Å². The van der Waals surface area contributed by atoms with E-state index in [0.29, 0.717) is 17.4 Å². The van der Waals surface area contributed by atoms with E-state index in [1.807, 2.05) is 27.2 Å². The number of hydrogen-bond acceptors (Lipinski definition) is 6. The van der Waals surface area contributed by atoms with Crippen molar-refractivity contribution < 1.29 is 32.5 Å². The second kappa shape index (κ2) is 33.1. The Balaban J connectivity index is 4.64. The molecule has 292 valence electrons. The van der Waals surface area contributed by atoms with E-state index < -0.39 is 20.0 Å². The maximum Gasteiger partial charge on any atom is 0.268 e. The van der Waals surface area contributed by atoms with Gasteiger partial charge in [-0.05, 0) is 19.3 Å². The van der Waals surface area contributed by atoms with Crippen molar-refractivity contribution in [3.63, 3.8) is 0 Å². The average Bonchev–Trinajstić information content (AvgIpc) is 3.05. The predicted octanol–water partition coefficient (Wildman–Crippen LogP) is 10.4. The van der Waals surface area contributed by atoms with Crippen molar-refractivity contribution in [1.82, 2.24) is 5.32 Å². The van der Waals surface area contributed by atoms with Crippen LogP contribution in [0.15, 0.2) is 12.2 Å². The van der Waals surface area contributed by atoms with Gasteiger partial charge in [-0.1, -0.05) is 167 Å². The summed E-state index contributed by atoms with van der Waals surface area (Å²) in [6.07, 6.45) is 35.4. The highest BCUT2D eigenvalue weighted by Gasteiger charge is 2.24. The predicted molar refractivity (Wildman–Crippen MR) is 206 cm³/mol. The maximum atomic E-state index is 12.9. The zero-order chi connectivity index (χ0) is 36.5. The van der Waals surface area contributed by atoms with E-state index >= 15 is 0 Å². The van der Waals surface area contributed by atoms with Gasteiger partial charge in [-0.2, -0.15) is 0 Å². The molecule has 3 atom stereocenters. The largest absolute Gasteiger partial charge is 0.756 e. The van der Waals surface area contributed by atoms with Crippen LogP contribution in [0.25, 0.3) is 0 Å². The third-order valence-electron chi connectivity index (χ3n) is 9.25. The minimum atomic E-state index is -4.53. The number of nitrogens with zero attached hydrogens (tertiary/aromatic N) is 1. The van der Waals surface area contributed by atoms with Crippen LogP contribution in [0.4, 0.5) is 0 Å². The number of hydrogen-bond donors (Lipinski definition) is 1. The molecule has 1 unspecified atom stereocenters. The maximum absolute atomic E-state index is 12.9. The summed E-state index contributed by atoms with van der Waals surface area (Å²) in [5.74, 6) is -0.107. The van der Waals surface area contributed by atoms with Crippen molar-refractivity contribution in [3.05, 3.63) is 12.2 Å². The minimum absolute atomic E-state index is 0.0346. The van der Waals surface area contributed by atoms with Crippen molar-refractivity contribution in [2.45, 2.75) is 193 Å². The first-order valence-electron chi connectivity index (χ1n) is 20.4. The quantitative estimate of drug-likeness (QED) is 0.0298. The van der Waals surface area contributed by atoms with E-state index in [9.17, 15) is 14.3 Å². The van der Waals surface area contributed by atoms with Gasteiger partial charge < -0.3 is 28.5 Å². The van der Waals surface area contributed by atoms with Crippen LogP contribution in [0.3, 0.4) is 0 Å². The van der Waals surface area contributed by atoms with Gasteiger partial charge in [0.25, 0.3) is 7.82 Å². The second-order valence-electron chi connectivity index (χ2n) is 15.2. The minimum Gasteiger partial charge on any atom is -0.756 e. The summed E-state index contributed by atoms with van der Waals surface area (Å²) in [6, 6.07) is -0.641. The molecule has 0 rings (SSSR count). The van der Waals surface area contributed by atoms with Crippen molar-refractivity contribution in [3.8, 4) is 0 Å². The molecule has 0 heterocycles. The molecule has 0 saturated heterocycles. The number of quaternary nitrogens is 1.